The number of fused-ring (bicyclic) bond motifs is 1. The molecular weight excluding hydrogens is 380 g/mol. The van der Waals surface area contributed by atoms with Gasteiger partial charge in [0.25, 0.3) is 5.91 Å². The van der Waals surface area contributed by atoms with Crippen LogP contribution in [0.15, 0.2) is 71.5 Å². The van der Waals surface area contributed by atoms with Gasteiger partial charge in [-0.05, 0) is 48.0 Å². The Hall–Kier alpha value is -2.86. The molecule has 0 atom stereocenters. The Bertz CT molecular complexity index is 1040. The van der Waals surface area contributed by atoms with Crippen LogP contribution in [0.1, 0.15) is 16.1 Å². The maximum atomic E-state index is 12.4. The summed E-state index contributed by atoms with van der Waals surface area (Å²) in [7, 11) is 0. The van der Waals surface area contributed by atoms with Gasteiger partial charge in [-0.25, -0.2) is 4.68 Å². The van der Waals surface area contributed by atoms with Gasteiger partial charge in [0.1, 0.15) is 5.69 Å². The molecule has 0 radical (unpaired) electrons. The first-order chi connectivity index (χ1) is 12.2. The molecule has 0 saturated heterocycles. The predicted octanol–water partition coefficient (Wildman–Crippen LogP) is 4.05. The fourth-order valence-corrected chi connectivity index (χ4v) is 3.11. The number of carbonyl (C=O) groups excluding carboxylic acids is 1. The SMILES string of the molecule is O=C(NCc1cccc(-n2cccn2)c1)c1cc2cc(Br)ccc2[nH]1. The Morgan fingerprint density at radius 2 is 2.08 bits per heavy atom. The Labute approximate surface area is 152 Å². The highest BCUT2D eigenvalue weighted by molar-refractivity contribution is 9.10. The van der Waals surface area contributed by atoms with Crippen molar-refractivity contribution in [2.75, 3.05) is 0 Å². The molecule has 0 spiro atoms. The Kier molecular flexibility index (Phi) is 4.11. The molecule has 4 aromatic rings. The average Bonchev–Trinajstić information content (AvgIpc) is 3.29. The molecule has 0 fully saturated rings. The molecule has 0 saturated carbocycles. The van der Waals surface area contributed by atoms with Crippen molar-refractivity contribution in [3.8, 4) is 5.69 Å². The van der Waals surface area contributed by atoms with Gasteiger partial charge in [0.2, 0.25) is 0 Å². The summed E-state index contributed by atoms with van der Waals surface area (Å²) in [5, 5.41) is 8.17. The fourth-order valence-electron chi connectivity index (χ4n) is 2.73. The normalized spacial score (nSPS) is 10.9. The minimum absolute atomic E-state index is 0.128. The van der Waals surface area contributed by atoms with Crippen molar-refractivity contribution in [2.45, 2.75) is 6.54 Å². The molecular formula is C19H15BrN4O. The van der Waals surface area contributed by atoms with Gasteiger partial charge in [-0.2, -0.15) is 5.10 Å². The smallest absolute Gasteiger partial charge is 0.267 e. The minimum Gasteiger partial charge on any atom is -0.351 e. The number of benzene rings is 2. The van der Waals surface area contributed by atoms with Crippen molar-refractivity contribution < 1.29 is 4.79 Å². The lowest BCUT2D eigenvalue weighted by Gasteiger charge is -2.07. The van der Waals surface area contributed by atoms with Gasteiger partial charge in [0.05, 0.1) is 5.69 Å². The number of halogens is 1. The van der Waals surface area contributed by atoms with Crippen molar-refractivity contribution in [3.63, 3.8) is 0 Å². The summed E-state index contributed by atoms with van der Waals surface area (Å²) >= 11 is 3.44. The monoisotopic (exact) mass is 394 g/mol. The van der Waals surface area contributed by atoms with E-state index in [9.17, 15) is 4.79 Å². The Morgan fingerprint density at radius 3 is 2.92 bits per heavy atom. The van der Waals surface area contributed by atoms with E-state index < -0.39 is 0 Å². The number of amides is 1. The molecule has 124 valence electrons. The largest absolute Gasteiger partial charge is 0.351 e. The molecule has 0 aliphatic heterocycles. The summed E-state index contributed by atoms with van der Waals surface area (Å²) in [6, 6.07) is 17.5. The molecule has 25 heavy (non-hydrogen) atoms. The zero-order chi connectivity index (χ0) is 17.2. The molecule has 1 amide bonds. The first-order valence-corrected chi connectivity index (χ1v) is 8.64. The third-order valence-corrected chi connectivity index (χ3v) is 4.45. The van der Waals surface area contributed by atoms with Crippen molar-refractivity contribution in [3.05, 3.63) is 82.7 Å². The van der Waals surface area contributed by atoms with Gasteiger partial charge in [-0.1, -0.05) is 28.1 Å². The molecule has 2 aromatic carbocycles. The highest BCUT2D eigenvalue weighted by Gasteiger charge is 2.09. The molecule has 0 aliphatic rings. The second-order valence-electron chi connectivity index (χ2n) is 5.72. The lowest BCUT2D eigenvalue weighted by molar-refractivity contribution is 0.0947. The van der Waals surface area contributed by atoms with E-state index in [-0.39, 0.29) is 5.91 Å². The number of H-pyrrole nitrogens is 1. The number of hydrogen-bond acceptors (Lipinski definition) is 2. The second kappa shape index (κ2) is 6.57. The number of carbonyl (C=O) groups is 1. The highest BCUT2D eigenvalue weighted by atomic mass is 79.9. The third-order valence-electron chi connectivity index (χ3n) is 3.96. The van der Waals surface area contributed by atoms with Crippen LogP contribution in [0, 0.1) is 0 Å². The van der Waals surface area contributed by atoms with Crippen LogP contribution in [0.25, 0.3) is 16.6 Å². The maximum Gasteiger partial charge on any atom is 0.267 e. The zero-order valence-electron chi connectivity index (χ0n) is 13.2. The van der Waals surface area contributed by atoms with E-state index in [0.717, 1.165) is 26.6 Å². The predicted molar refractivity (Wildman–Crippen MR) is 101 cm³/mol. The number of nitrogens with zero attached hydrogens (tertiary/aromatic N) is 2. The summed E-state index contributed by atoms with van der Waals surface area (Å²) in [5.74, 6) is -0.128. The lowest BCUT2D eigenvalue weighted by Crippen LogP contribution is -2.23. The second-order valence-corrected chi connectivity index (χ2v) is 6.63. The summed E-state index contributed by atoms with van der Waals surface area (Å²) in [5.41, 5.74) is 3.47. The van der Waals surface area contributed by atoms with Gasteiger partial charge in [0, 0.05) is 34.3 Å². The zero-order valence-corrected chi connectivity index (χ0v) is 14.8. The molecule has 2 N–H and O–H groups in total. The highest BCUT2D eigenvalue weighted by Crippen LogP contribution is 2.20. The van der Waals surface area contributed by atoms with Gasteiger partial charge in [0.15, 0.2) is 0 Å². The van der Waals surface area contributed by atoms with E-state index in [2.05, 4.69) is 31.3 Å². The number of rotatable bonds is 4. The van der Waals surface area contributed by atoms with Crippen molar-refractivity contribution in [1.29, 1.82) is 0 Å². The molecule has 0 aliphatic carbocycles. The molecule has 0 unspecified atom stereocenters. The van der Waals surface area contributed by atoms with E-state index in [0.29, 0.717) is 12.2 Å². The number of hydrogen-bond donors (Lipinski definition) is 2. The summed E-state index contributed by atoms with van der Waals surface area (Å²) in [6.45, 7) is 0.451. The van der Waals surface area contributed by atoms with Gasteiger partial charge >= 0.3 is 0 Å². The fraction of sp³-hybridized carbons (Fsp3) is 0.0526. The van der Waals surface area contributed by atoms with Gasteiger partial charge < -0.3 is 10.3 Å². The summed E-state index contributed by atoms with van der Waals surface area (Å²) < 4.78 is 2.78. The molecule has 6 heteroatoms. The molecule has 5 nitrogen and oxygen atoms in total. The first-order valence-electron chi connectivity index (χ1n) is 7.84. The Morgan fingerprint density at radius 1 is 1.16 bits per heavy atom. The van der Waals surface area contributed by atoms with Crippen LogP contribution in [0.5, 0.6) is 0 Å². The molecule has 0 bridgehead atoms. The number of aromatic amines is 1. The standard InChI is InChI=1S/C19H15BrN4O/c20-15-5-6-17-14(10-15)11-18(23-17)19(25)21-12-13-3-1-4-16(9-13)24-8-2-7-22-24/h1-11,23H,12H2,(H,21,25). The summed E-state index contributed by atoms with van der Waals surface area (Å²) in [6.07, 6.45) is 3.63. The third kappa shape index (κ3) is 3.34. The van der Waals surface area contributed by atoms with Crippen molar-refractivity contribution >= 4 is 32.7 Å². The van der Waals surface area contributed by atoms with Gasteiger partial charge in [-0.15, -0.1) is 0 Å². The summed E-state index contributed by atoms with van der Waals surface area (Å²) in [4.78, 5) is 15.6. The maximum absolute atomic E-state index is 12.4. The number of nitrogens with one attached hydrogen (secondary N) is 2. The minimum atomic E-state index is -0.128. The molecule has 4 rings (SSSR count). The van der Waals surface area contributed by atoms with Crippen LogP contribution in [-0.2, 0) is 6.54 Å². The van der Waals surface area contributed by atoms with E-state index in [1.54, 1.807) is 10.9 Å². The van der Waals surface area contributed by atoms with Crippen LogP contribution in [0.2, 0.25) is 0 Å². The average molecular weight is 395 g/mol. The van der Waals surface area contributed by atoms with E-state index in [4.69, 9.17) is 0 Å². The quantitative estimate of drug-likeness (QED) is 0.548. The number of aromatic nitrogens is 3. The molecule has 2 heterocycles. The van der Waals surface area contributed by atoms with E-state index >= 15 is 0 Å². The van der Waals surface area contributed by atoms with Crippen LogP contribution >= 0.6 is 15.9 Å². The molecule has 2 aromatic heterocycles. The van der Waals surface area contributed by atoms with E-state index in [1.807, 2.05) is 60.8 Å². The van der Waals surface area contributed by atoms with Crippen LogP contribution < -0.4 is 5.32 Å². The lowest BCUT2D eigenvalue weighted by atomic mass is 10.2. The van der Waals surface area contributed by atoms with Crippen molar-refractivity contribution in [2.24, 2.45) is 0 Å². The van der Waals surface area contributed by atoms with Crippen LogP contribution in [0.3, 0.4) is 0 Å². The first kappa shape index (κ1) is 15.7. The van der Waals surface area contributed by atoms with Crippen molar-refractivity contribution in [1.82, 2.24) is 20.1 Å². The topological polar surface area (TPSA) is 62.7 Å². The van der Waals surface area contributed by atoms with Crippen LogP contribution in [0.4, 0.5) is 0 Å². The van der Waals surface area contributed by atoms with Gasteiger partial charge in [-0.3, -0.25) is 4.79 Å². The Balaban J connectivity index is 1.48. The van der Waals surface area contributed by atoms with Crippen LogP contribution in [-0.4, -0.2) is 20.7 Å². The van der Waals surface area contributed by atoms with E-state index in [1.165, 1.54) is 0 Å².